The van der Waals surface area contributed by atoms with Crippen LogP contribution in [0.5, 0.6) is 0 Å². The first kappa shape index (κ1) is 14.3. The third kappa shape index (κ3) is 3.94. The average Bonchev–Trinajstić information content (AvgIpc) is 2.92. The summed E-state index contributed by atoms with van der Waals surface area (Å²) in [6.45, 7) is 5.08. The number of anilines is 3. The maximum atomic E-state index is 10.7. The molecule has 1 aliphatic heterocycles. The van der Waals surface area contributed by atoms with Crippen LogP contribution < -0.4 is 21.3 Å². The van der Waals surface area contributed by atoms with Gasteiger partial charge in [-0.1, -0.05) is 0 Å². The summed E-state index contributed by atoms with van der Waals surface area (Å²) in [4.78, 5) is 26.0. The van der Waals surface area contributed by atoms with Gasteiger partial charge < -0.3 is 21.3 Å². The van der Waals surface area contributed by atoms with Crippen LogP contribution in [0.15, 0.2) is 0 Å². The summed E-state index contributed by atoms with van der Waals surface area (Å²) in [5.41, 5.74) is 5.11. The molecule has 0 atom stereocenters. The monoisotopic (exact) mass is 279 g/mol. The van der Waals surface area contributed by atoms with Gasteiger partial charge in [0.15, 0.2) is 0 Å². The number of aromatic nitrogens is 3. The van der Waals surface area contributed by atoms with Crippen molar-refractivity contribution >= 4 is 23.8 Å². The number of hydrogen-bond donors (Lipinski definition) is 3. The van der Waals surface area contributed by atoms with Crippen molar-refractivity contribution in [1.82, 2.24) is 15.0 Å². The highest BCUT2D eigenvalue weighted by atomic mass is 16.1. The lowest BCUT2D eigenvalue weighted by Crippen LogP contribution is -2.23. The predicted octanol–water partition coefficient (Wildman–Crippen LogP) is 0.191. The molecule has 1 aliphatic rings. The molecule has 8 heteroatoms. The van der Waals surface area contributed by atoms with Gasteiger partial charge in [0.1, 0.15) is 0 Å². The molecule has 20 heavy (non-hydrogen) atoms. The molecule has 0 aliphatic carbocycles. The average molecular weight is 279 g/mol. The van der Waals surface area contributed by atoms with E-state index < -0.39 is 0 Å². The Morgan fingerprint density at radius 1 is 1.20 bits per heavy atom. The SMILES string of the molecule is CCNc1nc(NCCC(N)=O)nc(N2CCCC2)n1. The number of rotatable bonds is 7. The zero-order valence-corrected chi connectivity index (χ0v) is 11.7. The molecule has 1 saturated heterocycles. The van der Waals surface area contributed by atoms with Crippen LogP contribution in [0.1, 0.15) is 26.2 Å². The highest BCUT2D eigenvalue weighted by Gasteiger charge is 2.17. The largest absolute Gasteiger partial charge is 0.370 e. The van der Waals surface area contributed by atoms with Crippen LogP contribution in [0, 0.1) is 0 Å². The van der Waals surface area contributed by atoms with Gasteiger partial charge in [0.2, 0.25) is 23.8 Å². The van der Waals surface area contributed by atoms with Crippen LogP contribution in [0.3, 0.4) is 0 Å². The van der Waals surface area contributed by atoms with Crippen molar-refractivity contribution in [2.24, 2.45) is 5.73 Å². The van der Waals surface area contributed by atoms with Gasteiger partial charge >= 0.3 is 0 Å². The lowest BCUT2D eigenvalue weighted by Gasteiger charge is -2.17. The minimum absolute atomic E-state index is 0.251. The molecule has 1 aromatic rings. The summed E-state index contributed by atoms with van der Waals surface area (Å²) in [6, 6.07) is 0. The fourth-order valence-electron chi connectivity index (χ4n) is 2.04. The van der Waals surface area contributed by atoms with E-state index in [9.17, 15) is 4.79 Å². The summed E-state index contributed by atoms with van der Waals surface area (Å²) in [5.74, 6) is 1.35. The molecule has 0 bridgehead atoms. The van der Waals surface area contributed by atoms with E-state index >= 15 is 0 Å². The summed E-state index contributed by atoms with van der Waals surface area (Å²) >= 11 is 0. The zero-order valence-electron chi connectivity index (χ0n) is 11.7. The molecule has 1 aromatic heterocycles. The fraction of sp³-hybridized carbons (Fsp3) is 0.667. The van der Waals surface area contributed by atoms with Crippen LogP contribution in [0.2, 0.25) is 0 Å². The first-order valence-electron chi connectivity index (χ1n) is 6.96. The number of hydrogen-bond acceptors (Lipinski definition) is 7. The minimum Gasteiger partial charge on any atom is -0.370 e. The van der Waals surface area contributed by atoms with E-state index in [4.69, 9.17) is 5.73 Å². The Morgan fingerprint density at radius 2 is 1.85 bits per heavy atom. The molecule has 2 heterocycles. The maximum Gasteiger partial charge on any atom is 0.231 e. The van der Waals surface area contributed by atoms with Crippen LogP contribution in [-0.4, -0.2) is 47.0 Å². The lowest BCUT2D eigenvalue weighted by molar-refractivity contribution is -0.117. The second-order valence-corrected chi connectivity index (χ2v) is 4.65. The Kier molecular flexibility index (Phi) is 4.91. The number of nitrogens with one attached hydrogen (secondary N) is 2. The molecule has 1 fully saturated rings. The van der Waals surface area contributed by atoms with Crippen molar-refractivity contribution < 1.29 is 4.79 Å². The van der Waals surface area contributed by atoms with Crippen LogP contribution in [-0.2, 0) is 4.79 Å². The predicted molar refractivity (Wildman–Crippen MR) is 77.7 cm³/mol. The van der Waals surface area contributed by atoms with Gasteiger partial charge in [-0.05, 0) is 19.8 Å². The summed E-state index contributed by atoms with van der Waals surface area (Å²) in [7, 11) is 0. The molecule has 0 spiro atoms. The van der Waals surface area contributed by atoms with Crippen LogP contribution >= 0.6 is 0 Å². The minimum atomic E-state index is -0.349. The topological polar surface area (TPSA) is 109 Å². The fourth-order valence-corrected chi connectivity index (χ4v) is 2.04. The Morgan fingerprint density at radius 3 is 2.45 bits per heavy atom. The first-order chi connectivity index (χ1) is 9.69. The number of primary amides is 1. The number of nitrogens with two attached hydrogens (primary N) is 1. The third-order valence-electron chi connectivity index (χ3n) is 3.00. The van der Waals surface area contributed by atoms with E-state index in [2.05, 4.69) is 30.5 Å². The van der Waals surface area contributed by atoms with Gasteiger partial charge in [-0.2, -0.15) is 15.0 Å². The normalized spacial score (nSPS) is 14.3. The molecule has 110 valence electrons. The van der Waals surface area contributed by atoms with Crippen molar-refractivity contribution in [3.63, 3.8) is 0 Å². The van der Waals surface area contributed by atoms with Gasteiger partial charge in [-0.3, -0.25) is 4.79 Å². The van der Waals surface area contributed by atoms with Gasteiger partial charge in [0, 0.05) is 32.6 Å². The molecule has 0 radical (unpaired) electrons. The van der Waals surface area contributed by atoms with E-state index in [1.807, 2.05) is 6.92 Å². The smallest absolute Gasteiger partial charge is 0.231 e. The highest BCUT2D eigenvalue weighted by molar-refractivity contribution is 5.74. The highest BCUT2D eigenvalue weighted by Crippen LogP contribution is 2.18. The Bertz CT molecular complexity index is 459. The Balaban J connectivity index is 2.10. The molecule has 1 amide bonds. The quantitative estimate of drug-likeness (QED) is 0.653. The number of carbonyl (C=O) groups is 1. The van der Waals surface area contributed by atoms with Gasteiger partial charge in [-0.15, -0.1) is 0 Å². The number of carbonyl (C=O) groups excluding carboxylic acids is 1. The van der Waals surface area contributed by atoms with E-state index in [-0.39, 0.29) is 12.3 Å². The second kappa shape index (κ2) is 6.88. The van der Waals surface area contributed by atoms with Gasteiger partial charge in [0.05, 0.1) is 0 Å². The first-order valence-corrected chi connectivity index (χ1v) is 6.96. The van der Waals surface area contributed by atoms with E-state index in [1.54, 1.807) is 0 Å². The Labute approximate surface area is 118 Å². The van der Waals surface area contributed by atoms with E-state index in [1.165, 1.54) is 0 Å². The van der Waals surface area contributed by atoms with Crippen molar-refractivity contribution in [3.05, 3.63) is 0 Å². The van der Waals surface area contributed by atoms with Crippen molar-refractivity contribution in [2.45, 2.75) is 26.2 Å². The molecular weight excluding hydrogens is 258 g/mol. The Hall–Kier alpha value is -2.12. The third-order valence-corrected chi connectivity index (χ3v) is 3.00. The molecule has 8 nitrogen and oxygen atoms in total. The van der Waals surface area contributed by atoms with Crippen molar-refractivity contribution in [3.8, 4) is 0 Å². The molecule has 4 N–H and O–H groups in total. The van der Waals surface area contributed by atoms with Gasteiger partial charge in [-0.25, -0.2) is 0 Å². The molecule has 0 aromatic carbocycles. The standard InChI is InChI=1S/C12H21N7O/c1-2-14-10-16-11(15-6-5-9(13)20)18-12(17-10)19-7-3-4-8-19/h2-8H2,1H3,(H2,13,20)(H2,14,15,16,17,18). The number of nitrogens with zero attached hydrogens (tertiary/aromatic N) is 4. The van der Waals surface area contributed by atoms with Gasteiger partial charge in [0.25, 0.3) is 0 Å². The summed E-state index contributed by atoms with van der Waals surface area (Å²) in [6.07, 6.45) is 2.57. The second-order valence-electron chi connectivity index (χ2n) is 4.65. The van der Waals surface area contributed by atoms with Crippen molar-refractivity contribution in [1.29, 1.82) is 0 Å². The summed E-state index contributed by atoms with van der Waals surface area (Å²) < 4.78 is 0. The van der Waals surface area contributed by atoms with Crippen molar-refractivity contribution in [2.75, 3.05) is 41.7 Å². The molecule has 0 saturated carbocycles. The lowest BCUT2D eigenvalue weighted by atomic mass is 10.4. The molecule has 2 rings (SSSR count). The zero-order chi connectivity index (χ0) is 14.4. The maximum absolute atomic E-state index is 10.7. The van der Waals surface area contributed by atoms with E-state index in [0.29, 0.717) is 24.4 Å². The van der Waals surface area contributed by atoms with E-state index in [0.717, 1.165) is 32.5 Å². The van der Waals surface area contributed by atoms with Crippen LogP contribution in [0.4, 0.5) is 17.8 Å². The van der Waals surface area contributed by atoms with Crippen LogP contribution in [0.25, 0.3) is 0 Å². The number of amides is 1. The summed E-state index contributed by atoms with van der Waals surface area (Å²) in [5, 5.41) is 6.10. The molecular formula is C12H21N7O. The molecule has 0 unspecified atom stereocenters.